The fourth-order valence-electron chi connectivity index (χ4n) is 0.409. The maximum atomic E-state index is 10.6. The summed E-state index contributed by atoms with van der Waals surface area (Å²) in [6.45, 7) is 2.40. The Morgan fingerprint density at radius 2 is 2.27 bits per heavy atom. The van der Waals surface area contributed by atoms with E-state index in [4.69, 9.17) is 10.5 Å². The molecule has 11 heavy (non-hydrogen) atoms. The van der Waals surface area contributed by atoms with Gasteiger partial charge in [-0.3, -0.25) is 0 Å². The van der Waals surface area contributed by atoms with E-state index >= 15 is 0 Å². The fraction of sp³-hybridized carbons (Fsp3) is 0.400. The van der Waals surface area contributed by atoms with Crippen LogP contribution in [0.15, 0.2) is 11.1 Å². The van der Waals surface area contributed by atoms with Gasteiger partial charge in [-0.25, -0.2) is 13.6 Å². The lowest BCUT2D eigenvalue weighted by molar-refractivity contribution is 0.605. The first-order valence-corrected chi connectivity index (χ1v) is 4.53. The minimum Gasteiger partial charge on any atom is -0.390 e. The van der Waals surface area contributed by atoms with Crippen LogP contribution in [0.25, 0.3) is 0 Å². The van der Waals surface area contributed by atoms with Crippen molar-refractivity contribution in [1.82, 2.24) is 5.32 Å². The number of primary sulfonamides is 1. The van der Waals surface area contributed by atoms with E-state index in [0.29, 0.717) is 12.8 Å². The summed E-state index contributed by atoms with van der Waals surface area (Å²) in [5.74, 6) is 0. The van der Waals surface area contributed by atoms with Crippen LogP contribution in [0.4, 0.5) is 0 Å². The second-order valence-corrected chi connectivity index (χ2v) is 3.36. The van der Waals surface area contributed by atoms with Crippen LogP contribution in [0.1, 0.15) is 6.92 Å². The summed E-state index contributed by atoms with van der Waals surface area (Å²) in [7, 11) is -3.73. The van der Waals surface area contributed by atoms with Crippen molar-refractivity contribution in [3.8, 4) is 0 Å². The molecule has 0 aliphatic rings. The van der Waals surface area contributed by atoms with Gasteiger partial charge >= 0.3 is 0 Å². The van der Waals surface area contributed by atoms with Crippen molar-refractivity contribution in [3.05, 3.63) is 11.1 Å². The van der Waals surface area contributed by atoms with E-state index in [9.17, 15) is 8.42 Å². The van der Waals surface area contributed by atoms with Gasteiger partial charge in [-0.1, -0.05) is 0 Å². The minimum absolute atomic E-state index is 0.223. The maximum Gasteiger partial charge on any atom is 0.240 e. The molecule has 0 unspecified atom stereocenters. The molecule has 0 aliphatic carbocycles. The van der Waals surface area contributed by atoms with E-state index in [1.54, 1.807) is 6.92 Å². The number of allylic oxidation sites excluding steroid dienone is 1. The molecule has 0 amide bonds. The molecular weight excluding hydrogens is 166 g/mol. The van der Waals surface area contributed by atoms with Crippen LogP contribution in [-0.2, 0) is 10.0 Å². The van der Waals surface area contributed by atoms with Gasteiger partial charge in [-0.15, -0.1) is 0 Å². The lowest BCUT2D eigenvalue weighted by Crippen LogP contribution is -2.18. The van der Waals surface area contributed by atoms with Crippen molar-refractivity contribution in [2.75, 3.05) is 6.54 Å². The van der Waals surface area contributed by atoms with Crippen LogP contribution in [-0.4, -0.2) is 21.2 Å². The molecule has 0 aromatic rings. The summed E-state index contributed by atoms with van der Waals surface area (Å²) in [4.78, 5) is -0.223. The summed E-state index contributed by atoms with van der Waals surface area (Å²) < 4.78 is 21.2. The van der Waals surface area contributed by atoms with Crippen LogP contribution in [0.3, 0.4) is 0 Å². The molecule has 5 nitrogen and oxygen atoms in total. The normalized spacial score (nSPS) is 12.7. The molecule has 6 heteroatoms. The number of hydrogen-bond donors (Lipinski definition) is 3. The Morgan fingerprint density at radius 3 is 2.55 bits per heavy atom. The van der Waals surface area contributed by atoms with E-state index in [0.717, 1.165) is 0 Å². The zero-order valence-corrected chi connectivity index (χ0v) is 6.98. The Morgan fingerprint density at radius 1 is 1.73 bits per heavy atom. The van der Waals surface area contributed by atoms with Crippen molar-refractivity contribution < 1.29 is 8.42 Å². The predicted molar refractivity (Wildman–Crippen MR) is 43.7 cm³/mol. The lowest BCUT2D eigenvalue weighted by atomic mass is 10.6. The summed E-state index contributed by atoms with van der Waals surface area (Å²) in [5, 5.41) is 14.1. The van der Waals surface area contributed by atoms with Crippen molar-refractivity contribution in [1.29, 1.82) is 5.41 Å². The quantitative estimate of drug-likeness (QED) is 0.499. The monoisotopic (exact) mass is 177 g/mol. The number of rotatable bonds is 4. The highest BCUT2D eigenvalue weighted by Gasteiger charge is 2.07. The van der Waals surface area contributed by atoms with E-state index in [1.165, 1.54) is 6.20 Å². The Kier molecular flexibility index (Phi) is 3.77. The van der Waals surface area contributed by atoms with Crippen LogP contribution in [0.5, 0.6) is 0 Å². The Bertz CT molecular complexity index is 255. The topological polar surface area (TPSA) is 96.0 Å². The predicted octanol–water partition coefficient (Wildman–Crippen LogP) is -0.625. The molecular formula is C5H11N3O2S. The van der Waals surface area contributed by atoms with Crippen molar-refractivity contribution >= 4 is 16.2 Å². The zero-order chi connectivity index (χ0) is 8.91. The third-order valence-corrected chi connectivity index (χ3v) is 1.81. The fourth-order valence-corrected chi connectivity index (χ4v) is 0.820. The summed E-state index contributed by atoms with van der Waals surface area (Å²) in [6.07, 6.45) is 1.89. The number of nitrogens with one attached hydrogen (secondary N) is 2. The molecule has 0 rings (SSSR count). The van der Waals surface area contributed by atoms with Gasteiger partial charge in [0.1, 0.15) is 4.91 Å². The van der Waals surface area contributed by atoms with Gasteiger partial charge in [0.05, 0.1) is 0 Å². The highest BCUT2D eigenvalue weighted by molar-refractivity contribution is 7.93. The van der Waals surface area contributed by atoms with Crippen molar-refractivity contribution in [2.24, 2.45) is 5.14 Å². The molecule has 0 aromatic heterocycles. The standard InChI is InChI=1S/C5H11N3O2S/c1-2-8-4-5(3-6)11(7,9)10/h3-4,6,8H,2H2,1H3,(H2,7,9,10)/b5-4+,6-3?. The molecule has 0 bridgehead atoms. The van der Waals surface area contributed by atoms with E-state index in [1.807, 2.05) is 0 Å². The van der Waals surface area contributed by atoms with E-state index in [2.05, 4.69) is 5.32 Å². The van der Waals surface area contributed by atoms with Gasteiger partial charge < -0.3 is 10.7 Å². The Labute approximate surface area is 65.8 Å². The third kappa shape index (κ3) is 3.74. The minimum atomic E-state index is -3.73. The van der Waals surface area contributed by atoms with Crippen molar-refractivity contribution in [2.45, 2.75) is 6.92 Å². The molecule has 0 atom stereocenters. The Hall–Kier alpha value is -0.880. The molecule has 64 valence electrons. The van der Waals surface area contributed by atoms with Crippen LogP contribution < -0.4 is 10.5 Å². The SMILES string of the molecule is CCN/C=C(\C=N)S(N)(=O)=O. The molecule has 0 spiro atoms. The van der Waals surface area contributed by atoms with Crippen LogP contribution in [0.2, 0.25) is 0 Å². The van der Waals surface area contributed by atoms with Gasteiger partial charge in [-0.2, -0.15) is 0 Å². The molecule has 0 heterocycles. The molecule has 0 saturated carbocycles. The average Bonchev–Trinajstić information content (AvgIpc) is 1.87. The second-order valence-electron chi connectivity index (χ2n) is 1.79. The summed E-state index contributed by atoms with van der Waals surface area (Å²) in [6, 6.07) is 0. The Balaban J connectivity index is 4.55. The molecule has 0 saturated heterocycles. The molecule has 0 aromatic carbocycles. The number of hydrogen-bond acceptors (Lipinski definition) is 4. The maximum absolute atomic E-state index is 10.6. The first-order valence-electron chi connectivity index (χ1n) is 2.99. The molecule has 4 N–H and O–H groups in total. The highest BCUT2D eigenvalue weighted by atomic mass is 32.2. The van der Waals surface area contributed by atoms with Gasteiger partial charge in [0, 0.05) is 19.0 Å². The lowest BCUT2D eigenvalue weighted by Gasteiger charge is -1.97. The summed E-state index contributed by atoms with van der Waals surface area (Å²) >= 11 is 0. The van der Waals surface area contributed by atoms with Crippen molar-refractivity contribution in [3.63, 3.8) is 0 Å². The summed E-state index contributed by atoms with van der Waals surface area (Å²) in [5.41, 5.74) is 0. The van der Waals surface area contributed by atoms with E-state index in [-0.39, 0.29) is 4.91 Å². The molecule has 0 aliphatic heterocycles. The highest BCUT2D eigenvalue weighted by Crippen LogP contribution is 1.93. The second kappa shape index (κ2) is 4.09. The zero-order valence-electron chi connectivity index (χ0n) is 6.16. The number of sulfonamides is 1. The van der Waals surface area contributed by atoms with Gasteiger partial charge in [0.25, 0.3) is 0 Å². The van der Waals surface area contributed by atoms with Gasteiger partial charge in [0.2, 0.25) is 10.0 Å². The average molecular weight is 177 g/mol. The molecule has 0 radical (unpaired) electrons. The smallest absolute Gasteiger partial charge is 0.240 e. The third-order valence-electron chi connectivity index (χ3n) is 0.919. The molecule has 0 fully saturated rings. The van der Waals surface area contributed by atoms with Crippen LogP contribution >= 0.6 is 0 Å². The van der Waals surface area contributed by atoms with Gasteiger partial charge in [-0.05, 0) is 6.92 Å². The van der Waals surface area contributed by atoms with Crippen LogP contribution in [0, 0.1) is 5.41 Å². The first kappa shape index (κ1) is 10.1. The van der Waals surface area contributed by atoms with Gasteiger partial charge in [0.15, 0.2) is 0 Å². The largest absolute Gasteiger partial charge is 0.390 e. The number of nitrogens with two attached hydrogens (primary N) is 1. The van der Waals surface area contributed by atoms with E-state index < -0.39 is 10.0 Å². The first-order chi connectivity index (χ1) is 5.02.